The zero-order chi connectivity index (χ0) is 15.5. The number of fused-ring (bicyclic) bond motifs is 1. The smallest absolute Gasteiger partial charge is 0.225 e. The maximum Gasteiger partial charge on any atom is 0.225 e. The Labute approximate surface area is 134 Å². The molecule has 0 bridgehead atoms. The summed E-state index contributed by atoms with van der Waals surface area (Å²) in [7, 11) is 2.08. The summed E-state index contributed by atoms with van der Waals surface area (Å²) in [5, 5.41) is 15.0. The van der Waals surface area contributed by atoms with Crippen LogP contribution in [0.5, 0.6) is 0 Å². The number of nitrogens with one attached hydrogen (secondary N) is 1. The fourth-order valence-corrected chi connectivity index (χ4v) is 3.46. The highest BCUT2D eigenvalue weighted by molar-refractivity contribution is 7.10. The largest absolute Gasteiger partial charge is 0.387 e. The lowest BCUT2D eigenvalue weighted by Gasteiger charge is -2.15. The lowest BCUT2D eigenvalue weighted by Crippen LogP contribution is -2.29. The van der Waals surface area contributed by atoms with Crippen LogP contribution >= 0.6 is 11.3 Å². The Morgan fingerprint density at radius 3 is 3.09 bits per heavy atom. The quantitative estimate of drug-likeness (QED) is 0.888. The fraction of sp³-hybridized carbons (Fsp3) is 0.353. The number of rotatable bonds is 5. The van der Waals surface area contributed by atoms with Gasteiger partial charge in [0.1, 0.15) is 0 Å². The van der Waals surface area contributed by atoms with Crippen LogP contribution in [0.15, 0.2) is 35.7 Å². The first-order valence-corrected chi connectivity index (χ1v) is 8.32. The van der Waals surface area contributed by atoms with Gasteiger partial charge in [0, 0.05) is 30.7 Å². The molecule has 1 atom stereocenters. The van der Waals surface area contributed by atoms with Crippen LogP contribution in [0, 0.1) is 0 Å². The van der Waals surface area contributed by atoms with Crippen molar-refractivity contribution in [1.29, 1.82) is 0 Å². The minimum atomic E-state index is -0.663. The summed E-state index contributed by atoms with van der Waals surface area (Å²) in [6.45, 7) is 1.27. The van der Waals surface area contributed by atoms with Crippen LogP contribution in [0.1, 0.15) is 22.1 Å². The Morgan fingerprint density at radius 2 is 2.32 bits per heavy atom. The minimum Gasteiger partial charge on any atom is -0.387 e. The molecule has 0 fully saturated rings. The summed E-state index contributed by atoms with van der Waals surface area (Å²) < 4.78 is 0. The number of nitrogens with zero attached hydrogens (tertiary/aromatic N) is 1. The second-order valence-electron chi connectivity index (χ2n) is 5.64. The molecule has 22 heavy (non-hydrogen) atoms. The maximum atomic E-state index is 11.9. The third kappa shape index (κ3) is 3.31. The van der Waals surface area contributed by atoms with Crippen molar-refractivity contribution in [2.75, 3.05) is 25.0 Å². The standard InChI is InChI=1S/C17H20N2O2S/c1-19-7-6-12-9-13(4-5-15(12)19)16(20)11-18-17(21)10-14-3-2-8-22-14/h2-5,8-9,16,20H,6-7,10-11H2,1H3,(H,18,21). The van der Waals surface area contributed by atoms with Crippen LogP contribution in [0.2, 0.25) is 0 Å². The maximum absolute atomic E-state index is 11.9. The average Bonchev–Trinajstić information content (AvgIpc) is 3.15. The van der Waals surface area contributed by atoms with E-state index in [9.17, 15) is 9.90 Å². The minimum absolute atomic E-state index is 0.0533. The van der Waals surface area contributed by atoms with E-state index in [2.05, 4.69) is 23.3 Å². The normalized spacial score (nSPS) is 14.7. The number of carbonyl (C=O) groups is 1. The van der Waals surface area contributed by atoms with Crippen molar-refractivity contribution in [3.63, 3.8) is 0 Å². The molecule has 1 aliphatic heterocycles. The molecule has 4 nitrogen and oxygen atoms in total. The molecule has 1 aromatic carbocycles. The van der Waals surface area contributed by atoms with Crippen LogP contribution in [-0.4, -0.2) is 31.2 Å². The first-order chi connectivity index (χ1) is 10.6. The molecule has 5 heteroatoms. The number of aliphatic hydroxyl groups is 1. The number of carbonyl (C=O) groups excluding carboxylic acids is 1. The van der Waals surface area contributed by atoms with Crippen molar-refractivity contribution < 1.29 is 9.90 Å². The monoisotopic (exact) mass is 316 g/mol. The van der Waals surface area contributed by atoms with Gasteiger partial charge in [0.05, 0.1) is 12.5 Å². The average molecular weight is 316 g/mol. The number of benzene rings is 1. The first kappa shape index (κ1) is 15.1. The molecular weight excluding hydrogens is 296 g/mol. The highest BCUT2D eigenvalue weighted by Crippen LogP contribution is 2.29. The van der Waals surface area contributed by atoms with Gasteiger partial charge in [0.15, 0.2) is 0 Å². The highest BCUT2D eigenvalue weighted by Gasteiger charge is 2.18. The Hall–Kier alpha value is -1.85. The van der Waals surface area contributed by atoms with Crippen molar-refractivity contribution in [3.8, 4) is 0 Å². The summed E-state index contributed by atoms with van der Waals surface area (Å²) in [6.07, 6.45) is 0.722. The van der Waals surface area contributed by atoms with E-state index in [1.54, 1.807) is 11.3 Å². The van der Waals surface area contributed by atoms with E-state index in [1.165, 1.54) is 11.3 Å². The van der Waals surface area contributed by atoms with Gasteiger partial charge in [-0.2, -0.15) is 0 Å². The van der Waals surface area contributed by atoms with Crippen LogP contribution < -0.4 is 10.2 Å². The summed E-state index contributed by atoms with van der Waals surface area (Å²) >= 11 is 1.57. The van der Waals surface area contributed by atoms with Gasteiger partial charge in [-0.25, -0.2) is 0 Å². The molecule has 1 aromatic heterocycles. The van der Waals surface area contributed by atoms with E-state index in [0.717, 1.165) is 23.4 Å². The molecule has 0 saturated carbocycles. The van der Waals surface area contributed by atoms with E-state index in [-0.39, 0.29) is 12.5 Å². The second-order valence-corrected chi connectivity index (χ2v) is 6.67. The molecule has 1 amide bonds. The SMILES string of the molecule is CN1CCc2cc(C(O)CNC(=O)Cc3cccs3)ccc21. The molecule has 0 aliphatic carbocycles. The zero-order valence-corrected chi connectivity index (χ0v) is 13.4. The van der Waals surface area contributed by atoms with Crippen molar-refractivity contribution in [3.05, 3.63) is 51.7 Å². The Bertz CT molecular complexity index is 655. The molecule has 2 N–H and O–H groups in total. The Balaban J connectivity index is 1.56. The second kappa shape index (κ2) is 6.50. The molecule has 3 rings (SSSR count). The third-order valence-electron chi connectivity index (χ3n) is 4.02. The van der Waals surface area contributed by atoms with E-state index < -0.39 is 6.10 Å². The Kier molecular flexibility index (Phi) is 4.45. The van der Waals surface area contributed by atoms with Gasteiger partial charge in [-0.05, 0) is 35.1 Å². The summed E-state index contributed by atoms with van der Waals surface area (Å²) in [5.74, 6) is -0.0533. The molecule has 1 unspecified atom stereocenters. The van der Waals surface area contributed by atoms with Gasteiger partial charge in [-0.1, -0.05) is 18.2 Å². The van der Waals surface area contributed by atoms with Crippen molar-refractivity contribution in [1.82, 2.24) is 5.32 Å². The molecule has 1 aliphatic rings. The lowest BCUT2D eigenvalue weighted by atomic mass is 10.0. The van der Waals surface area contributed by atoms with Crippen LogP contribution in [0.3, 0.4) is 0 Å². The molecule has 0 radical (unpaired) electrons. The zero-order valence-electron chi connectivity index (χ0n) is 12.6. The summed E-state index contributed by atoms with van der Waals surface area (Å²) in [6, 6.07) is 9.92. The number of hydrogen-bond acceptors (Lipinski definition) is 4. The van der Waals surface area contributed by atoms with Gasteiger partial charge in [0.25, 0.3) is 0 Å². The van der Waals surface area contributed by atoms with Crippen molar-refractivity contribution >= 4 is 22.9 Å². The first-order valence-electron chi connectivity index (χ1n) is 7.44. The molecule has 2 aromatic rings. The predicted octanol–water partition coefficient (Wildman–Crippen LogP) is 2.13. The Morgan fingerprint density at radius 1 is 1.45 bits per heavy atom. The van der Waals surface area contributed by atoms with Gasteiger partial charge in [-0.15, -0.1) is 11.3 Å². The molecule has 0 spiro atoms. The van der Waals surface area contributed by atoms with Gasteiger partial charge in [0.2, 0.25) is 5.91 Å². The summed E-state index contributed by atoms with van der Waals surface area (Å²) in [5.41, 5.74) is 3.37. The van der Waals surface area contributed by atoms with Gasteiger partial charge in [-0.3, -0.25) is 4.79 Å². The predicted molar refractivity (Wildman–Crippen MR) is 89.4 cm³/mol. The number of hydrogen-bond donors (Lipinski definition) is 2. The van der Waals surface area contributed by atoms with Crippen LogP contribution in [-0.2, 0) is 17.6 Å². The van der Waals surface area contributed by atoms with E-state index in [0.29, 0.717) is 6.42 Å². The van der Waals surface area contributed by atoms with Crippen LogP contribution in [0.4, 0.5) is 5.69 Å². The molecule has 0 saturated heterocycles. The number of anilines is 1. The van der Waals surface area contributed by atoms with E-state index >= 15 is 0 Å². The fourth-order valence-electron chi connectivity index (χ4n) is 2.76. The number of amides is 1. The van der Waals surface area contributed by atoms with Gasteiger partial charge >= 0.3 is 0 Å². The van der Waals surface area contributed by atoms with Crippen LogP contribution in [0.25, 0.3) is 0 Å². The highest BCUT2D eigenvalue weighted by atomic mass is 32.1. The molecule has 116 valence electrons. The topological polar surface area (TPSA) is 52.6 Å². The third-order valence-corrected chi connectivity index (χ3v) is 4.90. The number of likely N-dealkylation sites (N-methyl/N-ethyl adjacent to an activating group) is 1. The molecular formula is C17H20N2O2S. The number of thiophene rings is 1. The van der Waals surface area contributed by atoms with Crippen molar-refractivity contribution in [2.45, 2.75) is 18.9 Å². The number of aliphatic hydroxyl groups excluding tert-OH is 1. The van der Waals surface area contributed by atoms with E-state index in [4.69, 9.17) is 0 Å². The molecule has 2 heterocycles. The van der Waals surface area contributed by atoms with Gasteiger partial charge < -0.3 is 15.3 Å². The van der Waals surface area contributed by atoms with E-state index in [1.807, 2.05) is 29.6 Å². The van der Waals surface area contributed by atoms with Crippen molar-refractivity contribution in [2.24, 2.45) is 0 Å². The lowest BCUT2D eigenvalue weighted by molar-refractivity contribution is -0.120. The summed E-state index contributed by atoms with van der Waals surface area (Å²) in [4.78, 5) is 15.1.